The molecule has 2 aromatic rings. The first-order valence-corrected chi connectivity index (χ1v) is 11.5. The third-order valence-electron chi connectivity index (χ3n) is 5.77. The fourth-order valence-electron chi connectivity index (χ4n) is 4.06. The Labute approximate surface area is 190 Å². The zero-order chi connectivity index (χ0) is 22.9. The quantitative estimate of drug-likeness (QED) is 0.546. The fraction of sp³-hybridized carbons (Fsp3) is 0.520. The Morgan fingerprint density at radius 3 is 2.53 bits per heavy atom. The second-order valence-electron chi connectivity index (χ2n) is 8.17. The molecule has 0 spiro atoms. The lowest BCUT2D eigenvalue weighted by Gasteiger charge is -2.34. The van der Waals surface area contributed by atoms with Gasteiger partial charge in [0.2, 0.25) is 5.91 Å². The van der Waals surface area contributed by atoms with Crippen molar-refractivity contribution in [1.82, 2.24) is 9.80 Å². The number of nitrogens with zero attached hydrogens (tertiary/aromatic N) is 2. The van der Waals surface area contributed by atoms with E-state index in [1.54, 1.807) is 18.1 Å². The number of ether oxygens (including phenoxy) is 2. The maximum absolute atomic E-state index is 13.3. The molecule has 2 amide bonds. The lowest BCUT2D eigenvalue weighted by atomic mass is 9.94. The minimum absolute atomic E-state index is 0.0347. The van der Waals surface area contributed by atoms with Gasteiger partial charge in [-0.1, -0.05) is 19.9 Å². The Morgan fingerprint density at radius 2 is 1.91 bits per heavy atom. The van der Waals surface area contributed by atoms with Crippen molar-refractivity contribution in [3.63, 3.8) is 0 Å². The predicted octanol–water partition coefficient (Wildman–Crippen LogP) is 4.37. The molecule has 0 bridgehead atoms. The molecule has 1 aromatic heterocycles. The molecule has 0 aliphatic carbocycles. The van der Waals surface area contributed by atoms with E-state index in [0.29, 0.717) is 56.9 Å². The summed E-state index contributed by atoms with van der Waals surface area (Å²) in [4.78, 5) is 29.6. The highest BCUT2D eigenvalue weighted by Crippen LogP contribution is 2.29. The van der Waals surface area contributed by atoms with E-state index in [0.717, 1.165) is 24.2 Å². The molecule has 32 heavy (non-hydrogen) atoms. The van der Waals surface area contributed by atoms with Crippen molar-refractivity contribution < 1.29 is 23.5 Å². The molecule has 174 valence electrons. The monoisotopic (exact) mass is 442 g/mol. The Hall–Kier alpha value is -2.96. The molecule has 0 unspecified atom stereocenters. The van der Waals surface area contributed by atoms with Crippen LogP contribution >= 0.6 is 0 Å². The van der Waals surface area contributed by atoms with Crippen LogP contribution in [0.1, 0.15) is 55.5 Å². The van der Waals surface area contributed by atoms with Crippen LogP contribution in [-0.4, -0.2) is 55.0 Å². The number of hydrogen-bond donors (Lipinski definition) is 0. The van der Waals surface area contributed by atoms with E-state index < -0.39 is 0 Å². The third kappa shape index (κ3) is 5.84. The van der Waals surface area contributed by atoms with E-state index in [1.807, 2.05) is 23.1 Å². The van der Waals surface area contributed by atoms with Crippen molar-refractivity contribution >= 4 is 11.8 Å². The van der Waals surface area contributed by atoms with E-state index in [-0.39, 0.29) is 17.7 Å². The molecule has 7 heteroatoms. The van der Waals surface area contributed by atoms with Crippen molar-refractivity contribution in [3.8, 4) is 11.5 Å². The van der Waals surface area contributed by atoms with Gasteiger partial charge in [0.05, 0.1) is 25.5 Å². The molecule has 1 aliphatic rings. The predicted molar refractivity (Wildman–Crippen MR) is 122 cm³/mol. The van der Waals surface area contributed by atoms with Gasteiger partial charge in [-0.15, -0.1) is 0 Å². The van der Waals surface area contributed by atoms with Crippen LogP contribution in [0.2, 0.25) is 0 Å². The molecular weight excluding hydrogens is 408 g/mol. The highest BCUT2D eigenvalue weighted by molar-refractivity contribution is 5.94. The standard InChI is InChI=1S/C25H34N2O5/c1-4-11-27(17-19-6-7-22(32-14-5-2)23(16-19)30-3)24(28)20-8-12-26(13-9-20)25(29)21-10-15-31-18-21/h6-7,10,15-16,18,20H,4-5,8-9,11-14,17H2,1-3H3. The van der Waals surface area contributed by atoms with Gasteiger partial charge in [-0.2, -0.15) is 0 Å². The number of benzene rings is 1. The molecule has 3 rings (SSSR count). The number of hydrogen-bond acceptors (Lipinski definition) is 5. The summed E-state index contributed by atoms with van der Waals surface area (Å²) >= 11 is 0. The van der Waals surface area contributed by atoms with Crippen molar-refractivity contribution in [2.75, 3.05) is 33.4 Å². The highest BCUT2D eigenvalue weighted by Gasteiger charge is 2.30. The average Bonchev–Trinajstić information content (AvgIpc) is 3.37. The Balaban J connectivity index is 1.62. The zero-order valence-electron chi connectivity index (χ0n) is 19.3. The average molecular weight is 443 g/mol. The molecule has 1 fully saturated rings. The second kappa shape index (κ2) is 11.6. The molecular formula is C25H34N2O5. The maximum Gasteiger partial charge on any atom is 0.257 e. The normalized spacial score (nSPS) is 14.3. The van der Waals surface area contributed by atoms with E-state index in [2.05, 4.69) is 13.8 Å². The number of rotatable bonds is 10. The number of piperidine rings is 1. The summed E-state index contributed by atoms with van der Waals surface area (Å²) in [5, 5.41) is 0. The van der Waals surface area contributed by atoms with Crippen LogP contribution in [0.4, 0.5) is 0 Å². The molecule has 0 radical (unpaired) electrons. The maximum atomic E-state index is 13.3. The number of furan rings is 1. The van der Waals surface area contributed by atoms with Gasteiger partial charge in [0, 0.05) is 32.1 Å². The van der Waals surface area contributed by atoms with Gasteiger partial charge in [-0.25, -0.2) is 0 Å². The van der Waals surface area contributed by atoms with Crippen LogP contribution in [-0.2, 0) is 11.3 Å². The van der Waals surface area contributed by atoms with Gasteiger partial charge < -0.3 is 23.7 Å². The largest absolute Gasteiger partial charge is 0.493 e. The Morgan fingerprint density at radius 1 is 1.12 bits per heavy atom. The minimum atomic E-state index is -0.0657. The summed E-state index contributed by atoms with van der Waals surface area (Å²) in [5.41, 5.74) is 1.57. The van der Waals surface area contributed by atoms with Crippen molar-refractivity contribution in [3.05, 3.63) is 47.9 Å². The highest BCUT2D eigenvalue weighted by atomic mass is 16.5. The third-order valence-corrected chi connectivity index (χ3v) is 5.77. The number of methoxy groups -OCH3 is 1. The molecule has 7 nitrogen and oxygen atoms in total. The summed E-state index contributed by atoms with van der Waals surface area (Å²) in [6.45, 7) is 7.17. The molecule has 1 aliphatic heterocycles. The van der Waals surface area contributed by atoms with Gasteiger partial charge in [0.25, 0.3) is 5.91 Å². The topological polar surface area (TPSA) is 72.2 Å². The number of carbonyl (C=O) groups is 2. The molecule has 0 N–H and O–H groups in total. The van der Waals surface area contributed by atoms with Crippen LogP contribution in [0.5, 0.6) is 11.5 Å². The van der Waals surface area contributed by atoms with Crippen LogP contribution in [0, 0.1) is 5.92 Å². The Kier molecular flexibility index (Phi) is 8.59. The van der Waals surface area contributed by atoms with E-state index in [1.165, 1.54) is 12.5 Å². The molecule has 1 saturated heterocycles. The van der Waals surface area contributed by atoms with E-state index >= 15 is 0 Å². The van der Waals surface area contributed by atoms with E-state index in [9.17, 15) is 9.59 Å². The molecule has 0 atom stereocenters. The van der Waals surface area contributed by atoms with Crippen LogP contribution in [0.3, 0.4) is 0 Å². The summed E-state index contributed by atoms with van der Waals surface area (Å²) < 4.78 is 16.3. The fourth-order valence-corrected chi connectivity index (χ4v) is 4.06. The number of amides is 2. The van der Waals surface area contributed by atoms with Crippen LogP contribution < -0.4 is 9.47 Å². The molecule has 2 heterocycles. The van der Waals surface area contributed by atoms with Gasteiger partial charge >= 0.3 is 0 Å². The van der Waals surface area contributed by atoms with E-state index in [4.69, 9.17) is 13.9 Å². The second-order valence-corrected chi connectivity index (χ2v) is 8.17. The summed E-state index contributed by atoms with van der Waals surface area (Å²) in [5.74, 6) is 1.47. The van der Waals surface area contributed by atoms with Gasteiger partial charge in [0.15, 0.2) is 11.5 Å². The first-order chi connectivity index (χ1) is 15.6. The lowest BCUT2D eigenvalue weighted by Crippen LogP contribution is -2.44. The van der Waals surface area contributed by atoms with Crippen LogP contribution in [0.25, 0.3) is 0 Å². The molecule has 1 aromatic carbocycles. The first kappa shape index (κ1) is 23.7. The summed E-state index contributed by atoms with van der Waals surface area (Å²) in [6, 6.07) is 7.54. The smallest absolute Gasteiger partial charge is 0.257 e. The van der Waals surface area contributed by atoms with Gasteiger partial charge in [-0.3, -0.25) is 9.59 Å². The van der Waals surface area contributed by atoms with Crippen molar-refractivity contribution in [2.24, 2.45) is 5.92 Å². The number of likely N-dealkylation sites (tertiary alicyclic amines) is 1. The van der Waals surface area contributed by atoms with Crippen molar-refractivity contribution in [1.29, 1.82) is 0 Å². The summed E-state index contributed by atoms with van der Waals surface area (Å²) in [6.07, 6.45) is 6.14. The Bertz CT molecular complexity index is 872. The lowest BCUT2D eigenvalue weighted by molar-refractivity contribution is -0.137. The summed E-state index contributed by atoms with van der Waals surface area (Å²) in [7, 11) is 1.63. The van der Waals surface area contributed by atoms with Gasteiger partial charge in [-0.05, 0) is 49.4 Å². The zero-order valence-corrected chi connectivity index (χ0v) is 19.3. The minimum Gasteiger partial charge on any atom is -0.493 e. The van der Waals surface area contributed by atoms with Gasteiger partial charge in [0.1, 0.15) is 6.26 Å². The SMILES string of the molecule is CCCOc1ccc(CN(CCC)C(=O)C2CCN(C(=O)c3ccoc3)CC2)cc1OC. The number of carbonyl (C=O) groups excluding carboxylic acids is 2. The molecule has 0 saturated carbocycles. The van der Waals surface area contributed by atoms with Crippen LogP contribution in [0.15, 0.2) is 41.2 Å². The first-order valence-electron chi connectivity index (χ1n) is 11.5. The van der Waals surface area contributed by atoms with Crippen molar-refractivity contribution in [2.45, 2.75) is 46.1 Å².